The summed E-state index contributed by atoms with van der Waals surface area (Å²) in [5.74, 6) is -0.465. The Kier molecular flexibility index (Phi) is 12.6. The maximum absolute atomic E-state index is 14.7. The second-order valence-electron chi connectivity index (χ2n) is 11.6. The van der Waals surface area contributed by atoms with E-state index in [0.717, 1.165) is 39.4 Å². The number of anilines is 1. The Balaban J connectivity index is 1.83. The van der Waals surface area contributed by atoms with Gasteiger partial charge in [-0.15, -0.1) is 0 Å². The Morgan fingerprint density at radius 2 is 1.49 bits per heavy atom. The zero-order chi connectivity index (χ0) is 33.8. The highest BCUT2D eigenvalue weighted by Gasteiger charge is 2.35. The summed E-state index contributed by atoms with van der Waals surface area (Å²) in [6.07, 6.45) is 1.96. The topological polar surface area (TPSA) is 96.0 Å². The van der Waals surface area contributed by atoms with Gasteiger partial charge in [0, 0.05) is 19.5 Å². The molecule has 0 bridgehead atoms. The number of rotatable bonds is 16. The van der Waals surface area contributed by atoms with E-state index in [1.807, 2.05) is 82.3 Å². The molecule has 4 aromatic carbocycles. The van der Waals surface area contributed by atoms with Crippen LogP contribution in [0.4, 0.5) is 5.69 Å². The summed E-state index contributed by atoms with van der Waals surface area (Å²) in [6.45, 7) is 8.06. The molecule has 0 saturated carbocycles. The van der Waals surface area contributed by atoms with Crippen molar-refractivity contribution in [1.29, 1.82) is 0 Å². The highest BCUT2D eigenvalue weighted by molar-refractivity contribution is 7.92. The van der Waals surface area contributed by atoms with Gasteiger partial charge in [0.25, 0.3) is 10.0 Å². The molecule has 248 valence electrons. The number of para-hydroxylation sites is 2. The van der Waals surface area contributed by atoms with Crippen molar-refractivity contribution in [2.45, 2.75) is 64.4 Å². The molecule has 4 aromatic rings. The molecule has 0 fully saturated rings. The third-order valence-electron chi connectivity index (χ3n) is 7.86. The van der Waals surface area contributed by atoms with Crippen molar-refractivity contribution in [2.24, 2.45) is 0 Å². The van der Waals surface area contributed by atoms with Crippen LogP contribution >= 0.6 is 0 Å². The minimum absolute atomic E-state index is 0.0468. The molecule has 1 N–H and O–H groups in total. The van der Waals surface area contributed by atoms with Crippen LogP contribution in [0.25, 0.3) is 0 Å². The molecule has 0 aromatic heterocycles. The largest absolute Gasteiger partial charge is 0.492 e. The van der Waals surface area contributed by atoms with Gasteiger partial charge in [-0.1, -0.05) is 103 Å². The van der Waals surface area contributed by atoms with E-state index in [4.69, 9.17) is 4.74 Å². The molecule has 4 rings (SSSR count). The molecule has 9 heteroatoms. The third-order valence-corrected chi connectivity index (χ3v) is 9.63. The average Bonchev–Trinajstić information content (AvgIpc) is 3.06. The second kappa shape index (κ2) is 16.8. The van der Waals surface area contributed by atoms with Crippen molar-refractivity contribution in [3.05, 3.63) is 125 Å². The quantitative estimate of drug-likeness (QED) is 0.140. The minimum Gasteiger partial charge on any atom is -0.492 e. The number of benzene rings is 4. The van der Waals surface area contributed by atoms with E-state index in [2.05, 4.69) is 5.32 Å². The van der Waals surface area contributed by atoms with Gasteiger partial charge in [0.2, 0.25) is 11.8 Å². The van der Waals surface area contributed by atoms with Crippen LogP contribution in [0.1, 0.15) is 48.9 Å². The first-order chi connectivity index (χ1) is 22.6. The summed E-state index contributed by atoms with van der Waals surface area (Å²) < 4.78 is 35.6. The Hall–Kier alpha value is -4.63. The first-order valence-corrected chi connectivity index (χ1v) is 17.6. The number of hydrogen-bond acceptors (Lipinski definition) is 5. The Bertz CT molecular complexity index is 1730. The number of sulfonamides is 1. The molecule has 1 atom stereocenters. The van der Waals surface area contributed by atoms with Crippen molar-refractivity contribution < 1.29 is 22.7 Å². The Labute approximate surface area is 279 Å². The number of unbranched alkanes of at least 4 members (excludes halogenated alkanes) is 1. The van der Waals surface area contributed by atoms with Crippen LogP contribution in [0.2, 0.25) is 0 Å². The molecule has 0 saturated heterocycles. The predicted molar refractivity (Wildman–Crippen MR) is 187 cm³/mol. The monoisotopic (exact) mass is 655 g/mol. The summed E-state index contributed by atoms with van der Waals surface area (Å²) in [7, 11) is -4.24. The van der Waals surface area contributed by atoms with Crippen LogP contribution in [0.15, 0.2) is 108 Å². The van der Waals surface area contributed by atoms with Crippen LogP contribution in [-0.4, -0.2) is 50.9 Å². The van der Waals surface area contributed by atoms with Gasteiger partial charge < -0.3 is 15.0 Å². The number of aryl methyl sites for hydroxylation is 2. The second-order valence-corrected chi connectivity index (χ2v) is 13.4. The smallest absolute Gasteiger partial charge is 0.264 e. The highest BCUT2D eigenvalue weighted by Crippen LogP contribution is 2.33. The van der Waals surface area contributed by atoms with Crippen LogP contribution < -0.4 is 14.4 Å². The van der Waals surface area contributed by atoms with Crippen LogP contribution in [-0.2, 0) is 32.6 Å². The maximum atomic E-state index is 14.7. The van der Waals surface area contributed by atoms with Crippen molar-refractivity contribution in [3.63, 3.8) is 0 Å². The lowest BCUT2D eigenvalue weighted by atomic mass is 10.0. The lowest BCUT2D eigenvalue weighted by Gasteiger charge is -2.34. The van der Waals surface area contributed by atoms with Crippen molar-refractivity contribution in [2.75, 3.05) is 24.0 Å². The van der Waals surface area contributed by atoms with Crippen LogP contribution in [0.3, 0.4) is 0 Å². The van der Waals surface area contributed by atoms with Crippen LogP contribution in [0, 0.1) is 13.8 Å². The van der Waals surface area contributed by atoms with Gasteiger partial charge in [-0.05, 0) is 62.6 Å². The standard InChI is InChI=1S/C38H45N3O5S/c1-5-7-24-39-38(43)35(26-31-15-9-8-10-16-31)40(27-32-17-13-14-30(4)25-32)37(42)28-41(34-18-11-12-19-36(34)46-6-2)47(44,45)33-22-20-29(3)21-23-33/h8-23,25,35H,5-7,24,26-28H2,1-4H3,(H,39,43)/t35-/m1/s1. The van der Waals surface area contributed by atoms with E-state index >= 15 is 0 Å². The minimum atomic E-state index is -4.24. The molecule has 0 aliphatic rings. The summed E-state index contributed by atoms with van der Waals surface area (Å²) in [5, 5.41) is 3.02. The van der Waals surface area contributed by atoms with E-state index in [-0.39, 0.29) is 29.5 Å². The number of nitrogens with zero attached hydrogens (tertiary/aromatic N) is 2. The van der Waals surface area contributed by atoms with E-state index in [1.165, 1.54) is 17.0 Å². The molecular formula is C38H45N3O5S. The number of carbonyl (C=O) groups is 2. The normalized spacial score (nSPS) is 11.8. The van der Waals surface area contributed by atoms with E-state index in [0.29, 0.717) is 18.9 Å². The summed E-state index contributed by atoms with van der Waals surface area (Å²) in [4.78, 5) is 30.2. The van der Waals surface area contributed by atoms with Gasteiger partial charge in [-0.25, -0.2) is 8.42 Å². The van der Waals surface area contributed by atoms with Gasteiger partial charge in [-0.3, -0.25) is 13.9 Å². The fourth-order valence-corrected chi connectivity index (χ4v) is 6.78. The first kappa shape index (κ1) is 35.2. The summed E-state index contributed by atoms with van der Waals surface area (Å²) in [5.41, 5.74) is 3.88. The lowest BCUT2D eigenvalue weighted by molar-refractivity contribution is -0.140. The van der Waals surface area contributed by atoms with Gasteiger partial charge in [0.05, 0.1) is 17.2 Å². The fourth-order valence-electron chi connectivity index (χ4n) is 5.36. The Morgan fingerprint density at radius 1 is 0.809 bits per heavy atom. The highest BCUT2D eigenvalue weighted by atomic mass is 32.2. The molecule has 0 spiro atoms. The van der Waals surface area contributed by atoms with Gasteiger partial charge >= 0.3 is 0 Å². The fraction of sp³-hybridized carbons (Fsp3) is 0.316. The molecule has 0 unspecified atom stereocenters. The molecule has 0 aliphatic carbocycles. The zero-order valence-corrected chi connectivity index (χ0v) is 28.5. The predicted octanol–water partition coefficient (Wildman–Crippen LogP) is 6.45. The summed E-state index contributed by atoms with van der Waals surface area (Å²) >= 11 is 0. The number of hydrogen-bond donors (Lipinski definition) is 1. The molecule has 0 aliphatic heterocycles. The first-order valence-electron chi connectivity index (χ1n) is 16.1. The van der Waals surface area contributed by atoms with Crippen molar-refractivity contribution >= 4 is 27.5 Å². The molecule has 8 nitrogen and oxygen atoms in total. The number of carbonyl (C=O) groups excluding carboxylic acids is 2. The van der Waals surface area contributed by atoms with Crippen molar-refractivity contribution in [3.8, 4) is 5.75 Å². The number of ether oxygens (including phenoxy) is 1. The number of nitrogens with one attached hydrogen (secondary N) is 1. The lowest BCUT2D eigenvalue weighted by Crippen LogP contribution is -2.53. The SMILES string of the molecule is CCCCNC(=O)[C@@H](Cc1ccccc1)N(Cc1cccc(C)c1)C(=O)CN(c1ccccc1OCC)S(=O)(=O)c1ccc(C)cc1. The average molecular weight is 656 g/mol. The molecule has 47 heavy (non-hydrogen) atoms. The maximum Gasteiger partial charge on any atom is 0.264 e. The van der Waals surface area contributed by atoms with Gasteiger partial charge in [0.1, 0.15) is 18.3 Å². The van der Waals surface area contributed by atoms with E-state index in [1.54, 1.807) is 36.4 Å². The van der Waals surface area contributed by atoms with Gasteiger partial charge in [-0.2, -0.15) is 0 Å². The molecule has 0 heterocycles. The third kappa shape index (κ3) is 9.45. The molecular weight excluding hydrogens is 611 g/mol. The zero-order valence-electron chi connectivity index (χ0n) is 27.7. The Morgan fingerprint density at radius 3 is 2.17 bits per heavy atom. The number of amides is 2. The van der Waals surface area contributed by atoms with Gasteiger partial charge in [0.15, 0.2) is 0 Å². The molecule has 2 amide bonds. The van der Waals surface area contributed by atoms with Crippen LogP contribution in [0.5, 0.6) is 5.75 Å². The van der Waals surface area contributed by atoms with E-state index in [9.17, 15) is 18.0 Å². The summed E-state index contributed by atoms with van der Waals surface area (Å²) in [6, 6.07) is 29.7. The van der Waals surface area contributed by atoms with Crippen molar-refractivity contribution in [1.82, 2.24) is 10.2 Å². The van der Waals surface area contributed by atoms with E-state index < -0.39 is 28.5 Å². The molecule has 0 radical (unpaired) electrons.